The van der Waals surface area contributed by atoms with E-state index >= 15 is 0 Å². The zero-order valence-electron chi connectivity index (χ0n) is 16.2. The molecular formula is C21H17F4NO5. The van der Waals surface area contributed by atoms with Crippen molar-refractivity contribution in [2.24, 2.45) is 0 Å². The molecule has 2 aromatic carbocycles. The zero-order valence-corrected chi connectivity index (χ0v) is 16.2. The van der Waals surface area contributed by atoms with E-state index in [1.807, 2.05) is 0 Å². The number of aromatic amines is 1. The van der Waals surface area contributed by atoms with Crippen LogP contribution in [0.1, 0.15) is 23.7 Å². The first kappa shape index (κ1) is 22.1. The molecule has 0 atom stereocenters. The smallest absolute Gasteiger partial charge is 0.481 e. The van der Waals surface area contributed by atoms with E-state index in [1.54, 1.807) is 6.92 Å². The highest BCUT2D eigenvalue weighted by Crippen LogP contribution is 2.27. The quantitative estimate of drug-likeness (QED) is 0.539. The second kappa shape index (κ2) is 8.66. The predicted molar refractivity (Wildman–Crippen MR) is 103 cm³/mol. The first-order valence-corrected chi connectivity index (χ1v) is 9.14. The van der Waals surface area contributed by atoms with Crippen LogP contribution >= 0.6 is 0 Å². The first-order chi connectivity index (χ1) is 14.6. The summed E-state index contributed by atoms with van der Waals surface area (Å²) >= 11 is 0. The van der Waals surface area contributed by atoms with E-state index in [-0.39, 0.29) is 28.6 Å². The Morgan fingerprint density at radius 1 is 1.13 bits per heavy atom. The van der Waals surface area contributed by atoms with Crippen LogP contribution in [0.2, 0.25) is 0 Å². The predicted octanol–water partition coefficient (Wildman–Crippen LogP) is 4.18. The van der Waals surface area contributed by atoms with Crippen LogP contribution in [0.15, 0.2) is 41.2 Å². The molecule has 0 fully saturated rings. The normalized spacial score (nSPS) is 11.5. The molecule has 0 saturated heterocycles. The number of fused-ring (bicyclic) bond motifs is 1. The van der Waals surface area contributed by atoms with Crippen LogP contribution in [0.5, 0.6) is 11.5 Å². The van der Waals surface area contributed by atoms with Gasteiger partial charge in [0.2, 0.25) is 0 Å². The fraction of sp³-hybridized carbons (Fsp3) is 0.238. The van der Waals surface area contributed by atoms with Crippen molar-refractivity contribution >= 4 is 16.9 Å². The van der Waals surface area contributed by atoms with Gasteiger partial charge in [0.05, 0.1) is 10.9 Å². The number of alkyl halides is 3. The van der Waals surface area contributed by atoms with Gasteiger partial charge in [0.25, 0.3) is 0 Å². The maximum absolute atomic E-state index is 14.4. The number of pyridine rings is 1. The number of ether oxygens (including phenoxy) is 2. The summed E-state index contributed by atoms with van der Waals surface area (Å²) in [7, 11) is 0. The van der Waals surface area contributed by atoms with Gasteiger partial charge in [-0.3, -0.25) is 4.79 Å². The topological polar surface area (TPSA) is 88.6 Å². The maximum Gasteiger partial charge on any atom is 0.573 e. The summed E-state index contributed by atoms with van der Waals surface area (Å²) in [5, 5.41) is 8.70. The van der Waals surface area contributed by atoms with Gasteiger partial charge < -0.3 is 19.6 Å². The second-order valence-corrected chi connectivity index (χ2v) is 6.61. The molecule has 1 heterocycles. The van der Waals surface area contributed by atoms with Crippen molar-refractivity contribution in [3.63, 3.8) is 0 Å². The summed E-state index contributed by atoms with van der Waals surface area (Å²) in [5.74, 6) is -2.45. The first-order valence-electron chi connectivity index (χ1n) is 9.14. The minimum atomic E-state index is -4.82. The molecule has 0 aliphatic carbocycles. The second-order valence-electron chi connectivity index (χ2n) is 6.61. The molecule has 31 heavy (non-hydrogen) atoms. The number of nitrogens with one attached hydrogen (secondary N) is 1. The third kappa shape index (κ3) is 5.14. The number of carboxylic acids is 1. The van der Waals surface area contributed by atoms with Gasteiger partial charge in [-0.15, -0.1) is 13.2 Å². The molecule has 0 amide bonds. The Kier molecular flexibility index (Phi) is 6.19. The number of aromatic nitrogens is 1. The molecule has 0 spiro atoms. The number of carbonyl (C=O) groups is 1. The number of aliphatic carboxylic acids is 1. The molecule has 0 radical (unpaired) electrons. The summed E-state index contributed by atoms with van der Waals surface area (Å²) < 4.78 is 60.3. The Morgan fingerprint density at radius 3 is 2.39 bits per heavy atom. The number of rotatable bonds is 7. The molecule has 0 saturated carbocycles. The van der Waals surface area contributed by atoms with E-state index in [9.17, 15) is 27.2 Å². The van der Waals surface area contributed by atoms with Crippen LogP contribution < -0.4 is 14.9 Å². The lowest BCUT2D eigenvalue weighted by molar-refractivity contribution is -0.274. The highest BCUT2D eigenvalue weighted by molar-refractivity contribution is 5.86. The van der Waals surface area contributed by atoms with Crippen molar-refractivity contribution in [1.82, 2.24) is 4.98 Å². The molecule has 0 aliphatic rings. The average molecular weight is 439 g/mol. The molecule has 3 rings (SSSR count). The Labute approximate surface area is 173 Å². The van der Waals surface area contributed by atoms with Crippen molar-refractivity contribution in [1.29, 1.82) is 0 Å². The number of halogens is 4. The number of aryl methyl sites for hydroxylation is 1. The van der Waals surface area contributed by atoms with Gasteiger partial charge in [-0.05, 0) is 36.2 Å². The lowest BCUT2D eigenvalue weighted by Gasteiger charge is -2.14. The van der Waals surface area contributed by atoms with Crippen molar-refractivity contribution in [2.45, 2.75) is 26.1 Å². The van der Waals surface area contributed by atoms with Crippen LogP contribution in [0.25, 0.3) is 10.9 Å². The van der Waals surface area contributed by atoms with Crippen molar-refractivity contribution < 1.29 is 36.9 Å². The van der Waals surface area contributed by atoms with Gasteiger partial charge in [0.1, 0.15) is 17.3 Å². The minimum absolute atomic E-state index is 0.0512. The van der Waals surface area contributed by atoms with Gasteiger partial charge in [0, 0.05) is 17.7 Å². The van der Waals surface area contributed by atoms with Crippen molar-refractivity contribution in [3.8, 4) is 11.5 Å². The Balaban J connectivity index is 2.05. The molecule has 2 N–H and O–H groups in total. The summed E-state index contributed by atoms with van der Waals surface area (Å²) in [6.07, 6.45) is -4.41. The highest BCUT2D eigenvalue weighted by Gasteiger charge is 2.31. The summed E-state index contributed by atoms with van der Waals surface area (Å²) in [6, 6.07) is 7.27. The van der Waals surface area contributed by atoms with E-state index in [0.29, 0.717) is 17.7 Å². The van der Waals surface area contributed by atoms with Crippen molar-refractivity contribution in [2.75, 3.05) is 6.61 Å². The highest BCUT2D eigenvalue weighted by atomic mass is 19.4. The zero-order chi connectivity index (χ0) is 22.8. The largest absolute Gasteiger partial charge is 0.573 e. The molecular weight excluding hydrogens is 422 g/mol. The third-order valence-electron chi connectivity index (χ3n) is 4.50. The van der Waals surface area contributed by atoms with Crippen LogP contribution in [-0.4, -0.2) is 29.0 Å². The van der Waals surface area contributed by atoms with E-state index in [1.165, 1.54) is 18.2 Å². The number of hydrogen-bond donors (Lipinski definition) is 2. The Morgan fingerprint density at radius 2 is 1.81 bits per heavy atom. The van der Waals surface area contributed by atoms with Gasteiger partial charge in [0.15, 0.2) is 12.0 Å². The molecule has 1 aromatic heterocycles. The summed E-state index contributed by atoms with van der Waals surface area (Å²) in [4.78, 5) is 26.9. The third-order valence-corrected chi connectivity index (χ3v) is 4.50. The lowest BCUT2D eigenvalue weighted by atomic mass is 9.99. The van der Waals surface area contributed by atoms with E-state index in [2.05, 4.69) is 9.72 Å². The van der Waals surface area contributed by atoms with Crippen LogP contribution in [0.3, 0.4) is 0 Å². The monoisotopic (exact) mass is 439 g/mol. The molecule has 6 nitrogen and oxygen atoms in total. The fourth-order valence-electron chi connectivity index (χ4n) is 3.18. The standard InChI is InChI=1S/C21H17F4NO5/c1-2-15-13(9-11-3-5-12(6-4-11)31-21(23,24)25)20(29)18-16(30-10-17(27)28)8-7-14(22)19(18)26-15/h3-8H,2,9-10H2,1H3,(H,26,29)(H,27,28). The molecule has 3 aromatic rings. The van der Waals surface area contributed by atoms with Gasteiger partial charge in [-0.25, -0.2) is 9.18 Å². The van der Waals surface area contributed by atoms with Crippen LogP contribution in [-0.2, 0) is 17.6 Å². The Hall–Kier alpha value is -3.56. The van der Waals surface area contributed by atoms with Crippen LogP contribution in [0, 0.1) is 5.82 Å². The molecule has 0 aliphatic heterocycles. The van der Waals surface area contributed by atoms with Gasteiger partial charge in [-0.2, -0.15) is 0 Å². The van der Waals surface area contributed by atoms with Gasteiger partial charge in [-0.1, -0.05) is 19.1 Å². The molecule has 164 valence electrons. The maximum atomic E-state index is 14.4. The van der Waals surface area contributed by atoms with E-state index < -0.39 is 35.9 Å². The van der Waals surface area contributed by atoms with E-state index in [4.69, 9.17) is 9.84 Å². The number of hydrogen-bond acceptors (Lipinski definition) is 4. The average Bonchev–Trinajstić information content (AvgIpc) is 2.69. The summed E-state index contributed by atoms with van der Waals surface area (Å²) in [5.41, 5.74) is 0.578. The fourth-order valence-corrected chi connectivity index (χ4v) is 3.18. The Bertz CT molecular complexity index is 1170. The molecule has 0 unspecified atom stereocenters. The lowest BCUT2D eigenvalue weighted by Crippen LogP contribution is -2.18. The minimum Gasteiger partial charge on any atom is -0.481 e. The molecule has 10 heteroatoms. The number of carboxylic acid groups (broad SMARTS) is 1. The van der Waals surface area contributed by atoms with Crippen LogP contribution in [0.4, 0.5) is 17.6 Å². The van der Waals surface area contributed by atoms with Gasteiger partial charge >= 0.3 is 12.3 Å². The van der Waals surface area contributed by atoms with Crippen molar-refractivity contribution in [3.05, 3.63) is 69.3 Å². The number of benzene rings is 2. The van der Waals surface area contributed by atoms with E-state index in [0.717, 1.165) is 18.2 Å². The molecule has 0 bridgehead atoms. The summed E-state index contributed by atoms with van der Waals surface area (Å²) in [6.45, 7) is 1.04. The number of H-pyrrole nitrogens is 1. The SMILES string of the molecule is CCc1[nH]c2c(F)ccc(OCC(=O)O)c2c(=O)c1Cc1ccc(OC(F)(F)F)cc1.